The van der Waals surface area contributed by atoms with Crippen molar-refractivity contribution in [1.29, 1.82) is 0 Å². The first-order chi connectivity index (χ1) is 10.0. The van der Waals surface area contributed by atoms with Gasteiger partial charge < -0.3 is 15.5 Å². The average molecular weight is 289 g/mol. The molecule has 21 heavy (non-hydrogen) atoms. The van der Waals surface area contributed by atoms with E-state index >= 15 is 0 Å². The Morgan fingerprint density at radius 3 is 2.67 bits per heavy atom. The number of carbonyl (C=O) groups excluding carboxylic acids is 2. The van der Waals surface area contributed by atoms with Gasteiger partial charge in [-0.1, -0.05) is 18.2 Å². The van der Waals surface area contributed by atoms with E-state index in [9.17, 15) is 9.59 Å². The second kappa shape index (κ2) is 6.72. The molecule has 0 aliphatic carbocycles. The van der Waals surface area contributed by atoms with Crippen molar-refractivity contribution in [3.8, 4) is 0 Å². The van der Waals surface area contributed by atoms with Gasteiger partial charge in [-0.3, -0.25) is 9.59 Å². The number of hydrogen-bond donors (Lipinski definition) is 2. The van der Waals surface area contributed by atoms with Crippen molar-refractivity contribution in [2.75, 3.05) is 32.0 Å². The third kappa shape index (κ3) is 4.04. The quantitative estimate of drug-likeness (QED) is 0.882. The summed E-state index contributed by atoms with van der Waals surface area (Å²) >= 11 is 0. The maximum atomic E-state index is 12.5. The minimum Gasteiger partial charge on any atom is -0.336 e. The predicted molar refractivity (Wildman–Crippen MR) is 82.9 cm³/mol. The number of nitrogens with one attached hydrogen (secondary N) is 2. The van der Waals surface area contributed by atoms with Crippen LogP contribution < -0.4 is 10.6 Å². The van der Waals surface area contributed by atoms with Crippen LogP contribution in [0.4, 0.5) is 5.69 Å². The number of likely N-dealkylation sites (N-methyl/N-ethyl adjacent to an activating group) is 1. The monoisotopic (exact) mass is 289 g/mol. The van der Waals surface area contributed by atoms with Crippen molar-refractivity contribution >= 4 is 17.5 Å². The van der Waals surface area contributed by atoms with E-state index in [1.54, 1.807) is 7.05 Å². The lowest BCUT2D eigenvalue weighted by Crippen LogP contribution is -2.50. The summed E-state index contributed by atoms with van der Waals surface area (Å²) in [5.41, 5.74) is 0.342. The van der Waals surface area contributed by atoms with Gasteiger partial charge in [-0.15, -0.1) is 0 Å². The van der Waals surface area contributed by atoms with Crippen molar-refractivity contribution in [2.45, 2.75) is 19.8 Å². The van der Waals surface area contributed by atoms with E-state index in [-0.39, 0.29) is 18.4 Å². The molecule has 1 fully saturated rings. The molecule has 2 rings (SSSR count). The molecule has 1 aliphatic rings. The molecule has 5 heteroatoms. The molecule has 2 amide bonds. The van der Waals surface area contributed by atoms with E-state index in [1.807, 2.05) is 37.3 Å². The molecule has 1 aromatic carbocycles. The van der Waals surface area contributed by atoms with E-state index in [2.05, 4.69) is 10.6 Å². The van der Waals surface area contributed by atoms with Gasteiger partial charge in [0, 0.05) is 19.3 Å². The maximum absolute atomic E-state index is 12.5. The Labute approximate surface area is 125 Å². The van der Waals surface area contributed by atoms with E-state index < -0.39 is 5.41 Å². The van der Waals surface area contributed by atoms with Crippen LogP contribution in [0, 0.1) is 5.41 Å². The lowest BCUT2D eigenvalue weighted by atomic mass is 9.81. The third-order valence-corrected chi connectivity index (χ3v) is 3.90. The molecule has 1 aliphatic heterocycles. The number of piperidine rings is 1. The maximum Gasteiger partial charge on any atom is 0.243 e. The van der Waals surface area contributed by atoms with Gasteiger partial charge in [0.15, 0.2) is 0 Å². The highest BCUT2D eigenvalue weighted by molar-refractivity contribution is 5.95. The number of anilines is 1. The molecule has 0 spiro atoms. The molecule has 1 saturated heterocycles. The van der Waals surface area contributed by atoms with Gasteiger partial charge in [-0.25, -0.2) is 0 Å². The van der Waals surface area contributed by atoms with Gasteiger partial charge in [0.1, 0.15) is 0 Å². The fraction of sp³-hybridized carbons (Fsp3) is 0.500. The first-order valence-corrected chi connectivity index (χ1v) is 7.32. The number of hydrogen-bond acceptors (Lipinski definition) is 3. The second-order valence-corrected chi connectivity index (χ2v) is 5.92. The Kier molecular flexibility index (Phi) is 4.96. The fourth-order valence-electron chi connectivity index (χ4n) is 2.71. The molecule has 2 N–H and O–H groups in total. The molecule has 0 radical (unpaired) electrons. The third-order valence-electron chi connectivity index (χ3n) is 3.90. The zero-order chi connectivity index (χ0) is 15.3. The number of rotatable bonds is 4. The van der Waals surface area contributed by atoms with Crippen LogP contribution in [-0.4, -0.2) is 43.4 Å². The smallest absolute Gasteiger partial charge is 0.243 e. The van der Waals surface area contributed by atoms with Gasteiger partial charge in [-0.05, 0) is 38.4 Å². The van der Waals surface area contributed by atoms with E-state index in [0.717, 1.165) is 25.1 Å². The molecule has 1 aromatic rings. The normalized spacial score (nSPS) is 21.6. The van der Waals surface area contributed by atoms with Gasteiger partial charge >= 0.3 is 0 Å². The molecule has 0 aromatic heterocycles. The van der Waals surface area contributed by atoms with Crippen LogP contribution in [0.1, 0.15) is 19.8 Å². The summed E-state index contributed by atoms with van der Waals surface area (Å²) in [6, 6.07) is 9.26. The Hall–Kier alpha value is -1.88. The zero-order valence-electron chi connectivity index (χ0n) is 12.7. The number of para-hydroxylation sites is 1. The Balaban J connectivity index is 1.89. The summed E-state index contributed by atoms with van der Waals surface area (Å²) in [6.45, 7) is 3.67. The summed E-state index contributed by atoms with van der Waals surface area (Å²) in [7, 11) is 1.69. The Bertz CT molecular complexity index is 496. The molecule has 114 valence electrons. The van der Waals surface area contributed by atoms with Crippen LogP contribution in [0.5, 0.6) is 0 Å². The van der Waals surface area contributed by atoms with Crippen LogP contribution in [-0.2, 0) is 9.59 Å². The highest BCUT2D eigenvalue weighted by Gasteiger charge is 2.36. The minimum absolute atomic E-state index is 0.0258. The fourth-order valence-corrected chi connectivity index (χ4v) is 2.71. The topological polar surface area (TPSA) is 61.4 Å². The van der Waals surface area contributed by atoms with Gasteiger partial charge in [0.2, 0.25) is 11.8 Å². The first kappa shape index (κ1) is 15.5. The Morgan fingerprint density at radius 1 is 1.33 bits per heavy atom. The van der Waals surface area contributed by atoms with Crippen LogP contribution in [0.25, 0.3) is 0 Å². The summed E-state index contributed by atoms with van der Waals surface area (Å²) in [6.07, 6.45) is 1.86. The van der Waals surface area contributed by atoms with Crippen LogP contribution in [0.3, 0.4) is 0 Å². The summed E-state index contributed by atoms with van der Waals surface area (Å²) in [4.78, 5) is 26.0. The zero-order valence-corrected chi connectivity index (χ0v) is 12.7. The lowest BCUT2D eigenvalue weighted by molar-refractivity contribution is -0.142. The van der Waals surface area contributed by atoms with Gasteiger partial charge in [0.25, 0.3) is 0 Å². The molecule has 5 nitrogen and oxygen atoms in total. The second-order valence-electron chi connectivity index (χ2n) is 5.92. The first-order valence-electron chi connectivity index (χ1n) is 7.32. The van der Waals surface area contributed by atoms with Crippen molar-refractivity contribution in [1.82, 2.24) is 10.2 Å². The van der Waals surface area contributed by atoms with Crippen LogP contribution >= 0.6 is 0 Å². The number of benzene rings is 1. The molecule has 1 heterocycles. The SMILES string of the molecule is CN(CC(=O)Nc1ccccc1)C(=O)C1(C)CCCNC1. The number of carbonyl (C=O) groups is 2. The number of nitrogens with zero attached hydrogens (tertiary/aromatic N) is 1. The minimum atomic E-state index is -0.403. The van der Waals surface area contributed by atoms with E-state index in [4.69, 9.17) is 0 Å². The highest BCUT2D eigenvalue weighted by Crippen LogP contribution is 2.27. The van der Waals surface area contributed by atoms with Crippen LogP contribution in [0.2, 0.25) is 0 Å². The Morgan fingerprint density at radius 2 is 2.05 bits per heavy atom. The largest absolute Gasteiger partial charge is 0.336 e. The summed E-state index contributed by atoms with van der Waals surface area (Å²) < 4.78 is 0. The lowest BCUT2D eigenvalue weighted by Gasteiger charge is -2.35. The van der Waals surface area contributed by atoms with Gasteiger partial charge in [-0.2, -0.15) is 0 Å². The highest BCUT2D eigenvalue weighted by atomic mass is 16.2. The van der Waals surface area contributed by atoms with Crippen molar-refractivity contribution < 1.29 is 9.59 Å². The van der Waals surface area contributed by atoms with E-state index in [1.165, 1.54) is 4.90 Å². The number of amides is 2. The summed E-state index contributed by atoms with van der Waals surface area (Å²) in [5, 5.41) is 6.05. The van der Waals surface area contributed by atoms with Gasteiger partial charge in [0.05, 0.1) is 12.0 Å². The standard InChI is InChI=1S/C16H23N3O2/c1-16(9-6-10-17-12-16)15(21)19(2)11-14(20)18-13-7-4-3-5-8-13/h3-5,7-8,17H,6,9-12H2,1-2H3,(H,18,20). The molecular weight excluding hydrogens is 266 g/mol. The molecule has 1 atom stereocenters. The van der Waals surface area contributed by atoms with Crippen molar-refractivity contribution in [3.05, 3.63) is 30.3 Å². The molecular formula is C16H23N3O2. The van der Waals surface area contributed by atoms with Crippen molar-refractivity contribution in [2.24, 2.45) is 5.41 Å². The van der Waals surface area contributed by atoms with Crippen LogP contribution in [0.15, 0.2) is 30.3 Å². The van der Waals surface area contributed by atoms with E-state index in [0.29, 0.717) is 6.54 Å². The molecule has 0 bridgehead atoms. The average Bonchev–Trinajstić information content (AvgIpc) is 2.48. The predicted octanol–water partition coefficient (Wildman–Crippen LogP) is 1.47. The summed E-state index contributed by atoms with van der Waals surface area (Å²) in [5.74, 6) is -0.151. The molecule has 1 unspecified atom stereocenters. The van der Waals surface area contributed by atoms with Crippen molar-refractivity contribution in [3.63, 3.8) is 0 Å². The molecule has 0 saturated carbocycles.